The Morgan fingerprint density at radius 2 is 2.18 bits per heavy atom. The molecule has 1 saturated heterocycles. The van der Waals surface area contributed by atoms with Crippen molar-refractivity contribution in [3.63, 3.8) is 0 Å². The Kier molecular flexibility index (Phi) is 4.90. The molecule has 1 aromatic carbocycles. The second-order valence-electron chi connectivity index (χ2n) is 5.44. The molecule has 0 saturated carbocycles. The van der Waals surface area contributed by atoms with E-state index in [4.69, 9.17) is 4.74 Å². The molecule has 2 atom stereocenters. The zero-order valence-electron chi connectivity index (χ0n) is 12.0. The van der Waals surface area contributed by atoms with Crippen LogP contribution in [0.15, 0.2) is 18.2 Å². The average Bonchev–Trinajstić information content (AvgIpc) is 2.44. The van der Waals surface area contributed by atoms with Crippen molar-refractivity contribution in [1.29, 1.82) is 0 Å². The Morgan fingerprint density at radius 1 is 1.45 bits per heavy atom. The zero-order valence-corrected chi connectivity index (χ0v) is 12.0. The number of ether oxygens (including phenoxy) is 1. The van der Waals surface area contributed by atoms with Crippen molar-refractivity contribution in [3.8, 4) is 0 Å². The number of benzene rings is 1. The number of non-ortho nitro benzene ring substituents is 1. The normalized spacial score (nSPS) is 22.4. The van der Waals surface area contributed by atoms with Crippen LogP contribution in [0.25, 0.3) is 0 Å². The number of nitro groups is 1. The quantitative estimate of drug-likeness (QED) is 0.676. The predicted molar refractivity (Wildman–Crippen MR) is 74.7 cm³/mol. The molecule has 22 heavy (non-hydrogen) atoms. The van der Waals surface area contributed by atoms with Gasteiger partial charge in [-0.3, -0.25) is 10.1 Å². The molecule has 1 aliphatic heterocycles. The van der Waals surface area contributed by atoms with Crippen molar-refractivity contribution >= 4 is 11.4 Å². The van der Waals surface area contributed by atoms with E-state index >= 15 is 0 Å². The minimum Gasteiger partial charge on any atom is -0.384 e. The van der Waals surface area contributed by atoms with Crippen LogP contribution in [0.2, 0.25) is 0 Å². The fourth-order valence-electron chi connectivity index (χ4n) is 2.57. The van der Waals surface area contributed by atoms with Gasteiger partial charge < -0.3 is 10.1 Å². The number of hydrogen-bond donors (Lipinski definition) is 1. The smallest absolute Gasteiger partial charge is 0.384 e. The SMILES string of the molecule is C[C@H]1C[C@H](CNc2ccc([N+](=O)[O-])cc2C(F)(F)F)CCO1. The van der Waals surface area contributed by atoms with Crippen molar-refractivity contribution in [2.45, 2.75) is 32.0 Å². The number of nitro benzene ring substituents is 1. The Balaban J connectivity index is 2.14. The molecule has 5 nitrogen and oxygen atoms in total. The Labute approximate surface area is 125 Å². The molecule has 0 bridgehead atoms. The summed E-state index contributed by atoms with van der Waals surface area (Å²) in [5, 5.41) is 13.4. The Hall–Kier alpha value is -1.83. The molecule has 1 N–H and O–H groups in total. The van der Waals surface area contributed by atoms with Crippen LogP contribution in [-0.2, 0) is 10.9 Å². The molecule has 1 aliphatic rings. The highest BCUT2D eigenvalue weighted by Crippen LogP contribution is 2.37. The summed E-state index contributed by atoms with van der Waals surface area (Å²) in [6.45, 7) is 2.91. The van der Waals surface area contributed by atoms with Gasteiger partial charge in [-0.05, 0) is 31.7 Å². The molecular formula is C14H17F3N2O3. The molecule has 2 rings (SSSR count). The molecule has 1 heterocycles. The van der Waals surface area contributed by atoms with E-state index in [1.165, 1.54) is 0 Å². The van der Waals surface area contributed by atoms with Crippen LogP contribution in [0.4, 0.5) is 24.5 Å². The fraction of sp³-hybridized carbons (Fsp3) is 0.571. The highest BCUT2D eigenvalue weighted by atomic mass is 19.4. The van der Waals surface area contributed by atoms with Crippen molar-refractivity contribution in [2.75, 3.05) is 18.5 Å². The summed E-state index contributed by atoms with van der Waals surface area (Å²) >= 11 is 0. The predicted octanol–water partition coefficient (Wildman–Crippen LogP) is 3.84. The van der Waals surface area contributed by atoms with Crippen LogP contribution in [0.1, 0.15) is 25.3 Å². The van der Waals surface area contributed by atoms with Crippen LogP contribution >= 0.6 is 0 Å². The van der Waals surface area contributed by atoms with Crippen molar-refractivity contribution in [1.82, 2.24) is 0 Å². The third-order valence-corrected chi connectivity index (χ3v) is 3.69. The van der Waals surface area contributed by atoms with Crippen LogP contribution in [0.3, 0.4) is 0 Å². The van der Waals surface area contributed by atoms with E-state index in [2.05, 4.69) is 5.32 Å². The fourth-order valence-corrected chi connectivity index (χ4v) is 2.57. The second-order valence-corrected chi connectivity index (χ2v) is 5.44. The van der Waals surface area contributed by atoms with E-state index in [1.807, 2.05) is 6.92 Å². The number of hydrogen-bond acceptors (Lipinski definition) is 4. The number of nitrogens with zero attached hydrogens (tertiary/aromatic N) is 1. The van der Waals surface area contributed by atoms with E-state index in [-0.39, 0.29) is 17.7 Å². The van der Waals surface area contributed by atoms with Gasteiger partial charge in [0.15, 0.2) is 0 Å². The maximum absolute atomic E-state index is 13.0. The number of rotatable bonds is 4. The summed E-state index contributed by atoms with van der Waals surface area (Å²) < 4.78 is 44.5. The third-order valence-electron chi connectivity index (χ3n) is 3.69. The first-order valence-electron chi connectivity index (χ1n) is 6.98. The molecule has 0 radical (unpaired) electrons. The van der Waals surface area contributed by atoms with Gasteiger partial charge in [-0.15, -0.1) is 0 Å². The van der Waals surface area contributed by atoms with Crippen LogP contribution in [-0.4, -0.2) is 24.2 Å². The summed E-state index contributed by atoms with van der Waals surface area (Å²) in [4.78, 5) is 9.80. The third kappa shape index (κ3) is 4.09. The number of alkyl halides is 3. The van der Waals surface area contributed by atoms with Gasteiger partial charge in [-0.1, -0.05) is 0 Å². The van der Waals surface area contributed by atoms with Crippen molar-refractivity contribution < 1.29 is 22.8 Å². The van der Waals surface area contributed by atoms with Gasteiger partial charge >= 0.3 is 6.18 Å². The van der Waals surface area contributed by atoms with E-state index < -0.39 is 22.4 Å². The van der Waals surface area contributed by atoms with Gasteiger partial charge in [-0.2, -0.15) is 13.2 Å². The zero-order chi connectivity index (χ0) is 16.3. The van der Waals surface area contributed by atoms with Crippen LogP contribution in [0, 0.1) is 16.0 Å². The summed E-state index contributed by atoms with van der Waals surface area (Å²) in [5.41, 5.74) is -1.71. The lowest BCUT2D eigenvalue weighted by Gasteiger charge is -2.28. The highest BCUT2D eigenvalue weighted by molar-refractivity contribution is 5.57. The van der Waals surface area contributed by atoms with Gasteiger partial charge in [0, 0.05) is 31.0 Å². The summed E-state index contributed by atoms with van der Waals surface area (Å²) in [6, 6.07) is 2.75. The molecule has 0 spiro atoms. The van der Waals surface area contributed by atoms with E-state index in [9.17, 15) is 23.3 Å². The molecule has 0 aromatic heterocycles. The van der Waals surface area contributed by atoms with E-state index in [0.717, 1.165) is 25.0 Å². The lowest BCUT2D eigenvalue weighted by atomic mass is 9.96. The molecule has 0 unspecified atom stereocenters. The number of nitrogens with one attached hydrogen (secondary N) is 1. The molecule has 1 fully saturated rings. The largest absolute Gasteiger partial charge is 0.418 e. The molecule has 0 aliphatic carbocycles. The lowest BCUT2D eigenvalue weighted by molar-refractivity contribution is -0.385. The monoisotopic (exact) mass is 318 g/mol. The first-order chi connectivity index (χ1) is 10.3. The number of anilines is 1. The average molecular weight is 318 g/mol. The Bertz CT molecular complexity index is 549. The molecule has 1 aromatic rings. The molecule has 8 heteroatoms. The van der Waals surface area contributed by atoms with Crippen LogP contribution in [0.5, 0.6) is 0 Å². The maximum atomic E-state index is 13.0. The van der Waals surface area contributed by atoms with Gasteiger partial charge in [0.25, 0.3) is 5.69 Å². The standard InChI is InChI=1S/C14H17F3N2O3/c1-9-6-10(4-5-22-9)8-18-13-3-2-11(19(20)21)7-12(13)14(15,16)17/h2-3,7,9-10,18H,4-6,8H2,1H3/t9-,10+/m0/s1. The lowest BCUT2D eigenvalue weighted by Crippen LogP contribution is -2.28. The van der Waals surface area contributed by atoms with Gasteiger partial charge in [-0.25, -0.2) is 0 Å². The number of halogens is 3. The summed E-state index contributed by atoms with van der Waals surface area (Å²) in [5.74, 6) is 0.222. The first kappa shape index (κ1) is 16.5. The van der Waals surface area contributed by atoms with E-state index in [1.54, 1.807) is 0 Å². The summed E-state index contributed by atoms with van der Waals surface area (Å²) in [7, 11) is 0. The van der Waals surface area contributed by atoms with Gasteiger partial charge in [0.1, 0.15) is 0 Å². The summed E-state index contributed by atoms with van der Waals surface area (Å²) in [6.07, 6.45) is -2.98. The van der Waals surface area contributed by atoms with Crippen molar-refractivity contribution in [2.24, 2.45) is 5.92 Å². The topological polar surface area (TPSA) is 64.4 Å². The second kappa shape index (κ2) is 6.51. The van der Waals surface area contributed by atoms with Gasteiger partial charge in [0.05, 0.1) is 16.6 Å². The first-order valence-corrected chi connectivity index (χ1v) is 6.98. The van der Waals surface area contributed by atoms with Crippen LogP contribution < -0.4 is 5.32 Å². The van der Waals surface area contributed by atoms with Gasteiger partial charge in [0.2, 0.25) is 0 Å². The highest BCUT2D eigenvalue weighted by Gasteiger charge is 2.35. The molecular weight excluding hydrogens is 301 g/mol. The van der Waals surface area contributed by atoms with E-state index in [0.29, 0.717) is 19.2 Å². The molecule has 122 valence electrons. The minimum absolute atomic E-state index is 0.0968. The molecule has 0 amide bonds. The Morgan fingerprint density at radius 3 is 2.77 bits per heavy atom. The van der Waals surface area contributed by atoms with Crippen molar-refractivity contribution in [3.05, 3.63) is 33.9 Å². The minimum atomic E-state index is -4.64. The maximum Gasteiger partial charge on any atom is 0.418 e.